The number of rotatable bonds is 6. The summed E-state index contributed by atoms with van der Waals surface area (Å²) < 4.78 is 29.8. The van der Waals surface area contributed by atoms with Crippen molar-refractivity contribution in [2.24, 2.45) is 0 Å². The van der Waals surface area contributed by atoms with Gasteiger partial charge in [0.2, 0.25) is 0 Å². The quantitative estimate of drug-likeness (QED) is 0.758. The van der Waals surface area contributed by atoms with Crippen molar-refractivity contribution in [3.8, 4) is 0 Å². The zero-order valence-corrected chi connectivity index (χ0v) is 17.1. The predicted molar refractivity (Wildman–Crippen MR) is 105 cm³/mol. The Balaban J connectivity index is 1.56. The Bertz CT molecular complexity index is 888. The van der Waals surface area contributed by atoms with E-state index in [1.807, 2.05) is 0 Å². The molecule has 0 spiro atoms. The van der Waals surface area contributed by atoms with Crippen molar-refractivity contribution in [3.05, 3.63) is 41.0 Å². The second-order valence-electron chi connectivity index (χ2n) is 7.05. The average molecular weight is 426 g/mol. The first-order valence-electron chi connectivity index (χ1n) is 9.56. The van der Waals surface area contributed by atoms with E-state index in [1.54, 1.807) is 0 Å². The fourth-order valence-electron chi connectivity index (χ4n) is 3.28. The van der Waals surface area contributed by atoms with Gasteiger partial charge in [-0.3, -0.25) is 4.79 Å². The molecule has 1 heterocycles. The summed E-state index contributed by atoms with van der Waals surface area (Å²) in [4.78, 5) is 16.6. The van der Waals surface area contributed by atoms with Gasteiger partial charge in [0.1, 0.15) is 0 Å². The van der Waals surface area contributed by atoms with Crippen molar-refractivity contribution >= 4 is 27.3 Å². The lowest BCUT2D eigenvalue weighted by molar-refractivity contribution is 0.0886. The van der Waals surface area contributed by atoms with Gasteiger partial charge < -0.3 is 9.84 Å². The summed E-state index contributed by atoms with van der Waals surface area (Å²) in [5, 5.41) is 7.17. The predicted octanol–water partition coefficient (Wildman–Crippen LogP) is 3.58. The highest BCUT2D eigenvalue weighted by Gasteiger charge is 2.21. The minimum Gasteiger partial charge on any atom is -0.345 e. The Labute approximate surface area is 169 Å². The van der Waals surface area contributed by atoms with Crippen molar-refractivity contribution in [2.45, 2.75) is 62.3 Å². The van der Waals surface area contributed by atoms with Crippen molar-refractivity contribution in [3.63, 3.8) is 0 Å². The first kappa shape index (κ1) is 20.8. The van der Waals surface area contributed by atoms with Crippen LogP contribution < -0.4 is 5.32 Å². The summed E-state index contributed by atoms with van der Waals surface area (Å²) in [5.74, 6) is -0.510. The van der Waals surface area contributed by atoms with Gasteiger partial charge in [-0.1, -0.05) is 48.9 Å². The average Bonchev–Trinajstić information content (AvgIpc) is 3.12. The second-order valence-corrected chi connectivity index (χ2v) is 9.60. The van der Waals surface area contributed by atoms with Gasteiger partial charge in [-0.15, -0.1) is 0 Å². The molecule has 152 valence electrons. The standard InChI is InChI=1S/C19H24ClN3O4S/c20-14-8-10-16(11-9-14)28(25,26)13-12-17-22-19(27-23-17)18(24)21-15-6-4-2-1-3-5-7-15/h8-11,15H,1-7,12-13H2,(H,21,24). The molecule has 0 radical (unpaired) electrons. The number of hydrogen-bond donors (Lipinski definition) is 1. The van der Waals surface area contributed by atoms with Gasteiger partial charge in [0.15, 0.2) is 15.7 Å². The summed E-state index contributed by atoms with van der Waals surface area (Å²) >= 11 is 5.79. The number of nitrogens with zero attached hydrogens (tertiary/aromatic N) is 2. The lowest BCUT2D eigenvalue weighted by atomic mass is 9.97. The first-order valence-corrected chi connectivity index (χ1v) is 11.6. The number of hydrogen-bond acceptors (Lipinski definition) is 6. The van der Waals surface area contributed by atoms with Gasteiger partial charge in [-0.2, -0.15) is 4.98 Å². The van der Waals surface area contributed by atoms with Crippen molar-refractivity contribution < 1.29 is 17.7 Å². The largest absolute Gasteiger partial charge is 0.345 e. The molecular weight excluding hydrogens is 402 g/mol. The molecule has 1 aliphatic carbocycles. The van der Waals surface area contributed by atoms with Crippen LogP contribution in [0, 0.1) is 0 Å². The molecule has 0 saturated heterocycles. The monoisotopic (exact) mass is 425 g/mol. The van der Waals surface area contributed by atoms with E-state index in [0.717, 1.165) is 25.7 Å². The summed E-state index contributed by atoms with van der Waals surface area (Å²) in [6.45, 7) is 0. The zero-order valence-electron chi connectivity index (χ0n) is 15.6. The van der Waals surface area contributed by atoms with Crippen LogP contribution in [0.4, 0.5) is 0 Å². The van der Waals surface area contributed by atoms with E-state index in [-0.39, 0.29) is 34.8 Å². The summed E-state index contributed by atoms with van der Waals surface area (Å²) in [7, 11) is -3.50. The van der Waals surface area contributed by atoms with Crippen LogP contribution in [0.25, 0.3) is 0 Å². The molecule has 0 aliphatic heterocycles. The highest BCUT2D eigenvalue weighted by molar-refractivity contribution is 7.91. The molecular formula is C19H24ClN3O4S. The Morgan fingerprint density at radius 1 is 1.11 bits per heavy atom. The van der Waals surface area contributed by atoms with Crippen LogP contribution in [0.2, 0.25) is 5.02 Å². The lowest BCUT2D eigenvalue weighted by Gasteiger charge is -2.19. The molecule has 28 heavy (non-hydrogen) atoms. The van der Waals surface area contributed by atoms with Crippen LogP contribution in [0.3, 0.4) is 0 Å². The minimum absolute atomic E-state index is 0.0607. The number of amides is 1. The normalized spacial score (nSPS) is 16.3. The molecule has 1 N–H and O–H groups in total. The number of carbonyl (C=O) groups is 1. The summed E-state index contributed by atoms with van der Waals surface area (Å²) in [6.07, 6.45) is 7.80. The highest BCUT2D eigenvalue weighted by Crippen LogP contribution is 2.18. The van der Waals surface area contributed by atoms with Crippen LogP contribution in [-0.4, -0.2) is 36.3 Å². The number of aryl methyl sites for hydroxylation is 1. The molecule has 1 amide bonds. The van der Waals surface area contributed by atoms with E-state index in [1.165, 1.54) is 43.5 Å². The molecule has 1 aliphatic rings. The summed E-state index contributed by atoms with van der Waals surface area (Å²) in [6, 6.07) is 6.10. The van der Waals surface area contributed by atoms with E-state index < -0.39 is 15.7 Å². The molecule has 2 aromatic rings. The van der Waals surface area contributed by atoms with E-state index >= 15 is 0 Å². The fourth-order valence-corrected chi connectivity index (χ4v) is 4.64. The van der Waals surface area contributed by atoms with Crippen LogP contribution in [-0.2, 0) is 16.3 Å². The SMILES string of the molecule is O=C(NC1CCCCCCC1)c1nc(CCS(=O)(=O)c2ccc(Cl)cc2)no1. The van der Waals surface area contributed by atoms with Gasteiger partial charge in [0, 0.05) is 17.5 Å². The topological polar surface area (TPSA) is 102 Å². The molecule has 1 aromatic heterocycles. The Hall–Kier alpha value is -1.93. The van der Waals surface area contributed by atoms with Gasteiger partial charge >= 0.3 is 11.8 Å². The van der Waals surface area contributed by atoms with Crippen LogP contribution >= 0.6 is 11.6 Å². The molecule has 0 atom stereocenters. The lowest BCUT2D eigenvalue weighted by Crippen LogP contribution is -2.35. The van der Waals surface area contributed by atoms with Gasteiger partial charge in [-0.05, 0) is 37.1 Å². The van der Waals surface area contributed by atoms with Crippen LogP contribution in [0.5, 0.6) is 0 Å². The Morgan fingerprint density at radius 3 is 2.43 bits per heavy atom. The molecule has 1 fully saturated rings. The Morgan fingerprint density at radius 2 is 1.75 bits per heavy atom. The number of benzene rings is 1. The summed E-state index contributed by atoms with van der Waals surface area (Å²) in [5.41, 5.74) is 0. The molecule has 1 aromatic carbocycles. The molecule has 1 saturated carbocycles. The molecule has 9 heteroatoms. The maximum atomic E-state index is 12.4. The Kier molecular flexibility index (Phi) is 7.07. The van der Waals surface area contributed by atoms with Crippen molar-refractivity contribution in [2.75, 3.05) is 5.75 Å². The number of carbonyl (C=O) groups excluding carboxylic acids is 1. The van der Waals surface area contributed by atoms with Crippen LogP contribution in [0.1, 0.15) is 61.5 Å². The van der Waals surface area contributed by atoms with Crippen molar-refractivity contribution in [1.82, 2.24) is 15.5 Å². The number of halogens is 1. The number of nitrogens with one attached hydrogen (secondary N) is 1. The van der Waals surface area contributed by atoms with Crippen LogP contribution in [0.15, 0.2) is 33.7 Å². The maximum absolute atomic E-state index is 12.4. The van der Waals surface area contributed by atoms with Gasteiger partial charge in [0.05, 0.1) is 10.6 Å². The fraction of sp³-hybridized carbons (Fsp3) is 0.526. The zero-order chi connectivity index (χ0) is 20.0. The van der Waals surface area contributed by atoms with E-state index in [9.17, 15) is 13.2 Å². The van der Waals surface area contributed by atoms with E-state index in [4.69, 9.17) is 16.1 Å². The molecule has 0 unspecified atom stereocenters. The first-order chi connectivity index (χ1) is 13.4. The van der Waals surface area contributed by atoms with E-state index in [2.05, 4.69) is 15.5 Å². The number of sulfone groups is 1. The third-order valence-corrected chi connectivity index (χ3v) is 6.85. The van der Waals surface area contributed by atoms with Gasteiger partial charge in [0.25, 0.3) is 0 Å². The smallest absolute Gasteiger partial charge is 0.315 e. The van der Waals surface area contributed by atoms with Gasteiger partial charge in [-0.25, -0.2) is 8.42 Å². The maximum Gasteiger partial charge on any atom is 0.315 e. The van der Waals surface area contributed by atoms with Crippen molar-refractivity contribution in [1.29, 1.82) is 0 Å². The molecule has 7 nitrogen and oxygen atoms in total. The number of aromatic nitrogens is 2. The third-order valence-electron chi connectivity index (χ3n) is 4.87. The second kappa shape index (κ2) is 9.52. The highest BCUT2D eigenvalue weighted by atomic mass is 35.5. The minimum atomic E-state index is -3.50. The third kappa shape index (κ3) is 5.78. The van der Waals surface area contributed by atoms with E-state index in [0.29, 0.717) is 5.02 Å². The molecule has 0 bridgehead atoms. The molecule has 3 rings (SSSR count).